The van der Waals surface area contributed by atoms with Crippen LogP contribution in [0.1, 0.15) is 24.1 Å². The molecule has 1 fully saturated rings. The summed E-state index contributed by atoms with van der Waals surface area (Å²) in [5.74, 6) is -0.841. The molecule has 0 spiro atoms. The van der Waals surface area contributed by atoms with Gasteiger partial charge in [-0.2, -0.15) is 13.9 Å². The minimum Gasteiger partial charge on any atom is -0.433 e. The van der Waals surface area contributed by atoms with Crippen molar-refractivity contribution in [1.82, 2.24) is 25.1 Å². The largest absolute Gasteiger partial charge is 0.433 e. The van der Waals surface area contributed by atoms with Gasteiger partial charge in [0, 0.05) is 48.9 Å². The SMILES string of the molecule is N=CC1(NC(=O)[C@@H]2CCc3c(-c4cncc(OC(F)F)c4)nn(-c4ccc(F)cn4)c3C2)CCOC1. The number of carbonyl (C=O) groups excluding carboxylic acids is 1. The van der Waals surface area contributed by atoms with Gasteiger partial charge in [0.25, 0.3) is 0 Å². The maximum atomic E-state index is 13.5. The molecule has 1 aliphatic carbocycles. The number of halogens is 3. The van der Waals surface area contributed by atoms with Crippen molar-refractivity contribution >= 4 is 12.1 Å². The fourth-order valence-corrected chi connectivity index (χ4v) is 4.64. The lowest BCUT2D eigenvalue weighted by molar-refractivity contribution is -0.126. The molecule has 12 heteroatoms. The van der Waals surface area contributed by atoms with Crippen LogP contribution in [0.25, 0.3) is 17.1 Å². The van der Waals surface area contributed by atoms with E-state index >= 15 is 0 Å². The van der Waals surface area contributed by atoms with E-state index in [1.165, 1.54) is 36.8 Å². The number of alkyl halides is 2. The van der Waals surface area contributed by atoms with E-state index in [0.717, 1.165) is 11.8 Å². The third-order valence-corrected chi connectivity index (χ3v) is 6.48. The second kappa shape index (κ2) is 9.69. The van der Waals surface area contributed by atoms with Gasteiger partial charge < -0.3 is 20.2 Å². The van der Waals surface area contributed by atoms with Crippen LogP contribution in [0.4, 0.5) is 13.2 Å². The fourth-order valence-electron chi connectivity index (χ4n) is 4.64. The zero-order valence-electron chi connectivity index (χ0n) is 19.1. The second-order valence-corrected chi connectivity index (χ2v) is 8.84. The van der Waals surface area contributed by atoms with Crippen molar-refractivity contribution in [3.05, 3.63) is 53.9 Å². The van der Waals surface area contributed by atoms with Crippen LogP contribution in [0, 0.1) is 17.1 Å². The topological polar surface area (TPSA) is 115 Å². The minimum atomic E-state index is -2.99. The molecule has 188 valence electrons. The number of amides is 1. The van der Waals surface area contributed by atoms with Crippen LogP contribution in [0.15, 0.2) is 36.8 Å². The van der Waals surface area contributed by atoms with Crippen LogP contribution in [0.3, 0.4) is 0 Å². The van der Waals surface area contributed by atoms with Gasteiger partial charge in [-0.1, -0.05) is 0 Å². The van der Waals surface area contributed by atoms with Crippen molar-refractivity contribution < 1.29 is 27.4 Å². The van der Waals surface area contributed by atoms with Crippen molar-refractivity contribution in [1.29, 1.82) is 5.41 Å². The number of aromatic nitrogens is 4. The van der Waals surface area contributed by atoms with Gasteiger partial charge in [-0.25, -0.2) is 14.1 Å². The Morgan fingerprint density at radius 1 is 1.33 bits per heavy atom. The Hall–Kier alpha value is -3.80. The van der Waals surface area contributed by atoms with Crippen molar-refractivity contribution in [3.63, 3.8) is 0 Å². The number of hydrogen-bond donors (Lipinski definition) is 2. The molecular formula is C24H23F3N6O3. The lowest BCUT2D eigenvalue weighted by atomic mass is 9.84. The number of hydrogen-bond acceptors (Lipinski definition) is 7. The smallest absolute Gasteiger partial charge is 0.387 e. The molecule has 1 amide bonds. The number of pyridine rings is 2. The average molecular weight is 500 g/mol. The minimum absolute atomic E-state index is 0.102. The van der Waals surface area contributed by atoms with Gasteiger partial charge >= 0.3 is 6.61 Å². The lowest BCUT2D eigenvalue weighted by Crippen LogP contribution is -2.52. The van der Waals surface area contributed by atoms with E-state index in [1.54, 1.807) is 4.68 Å². The van der Waals surface area contributed by atoms with E-state index in [1.807, 2.05) is 0 Å². The molecule has 1 unspecified atom stereocenters. The first-order valence-electron chi connectivity index (χ1n) is 11.4. The number of rotatable bonds is 7. The molecular weight excluding hydrogens is 477 g/mol. The summed E-state index contributed by atoms with van der Waals surface area (Å²) in [5.41, 5.74) is 1.70. The Balaban J connectivity index is 1.50. The predicted octanol–water partition coefficient (Wildman–Crippen LogP) is 3.10. The molecule has 2 aliphatic rings. The van der Waals surface area contributed by atoms with Crippen LogP contribution in [0.2, 0.25) is 0 Å². The standard InChI is InChI=1S/C24H23F3N6O3/c25-16-2-4-20(30-10-16)33-19-8-14(22(34)31-24(12-28)5-6-35-13-24)1-3-18(19)21(32-33)15-7-17(11-29-9-15)36-23(26)27/h2,4,7,9-12,14,23,28H,1,3,5-6,8,13H2,(H,31,34)/t14-,24?/m1/s1. The second-order valence-electron chi connectivity index (χ2n) is 8.84. The summed E-state index contributed by atoms with van der Waals surface area (Å²) in [6.45, 7) is -2.27. The summed E-state index contributed by atoms with van der Waals surface area (Å²) in [5, 5.41) is 15.4. The number of ether oxygens (including phenoxy) is 2. The molecule has 4 heterocycles. The maximum absolute atomic E-state index is 13.5. The van der Waals surface area contributed by atoms with Crippen LogP contribution in [-0.4, -0.2) is 57.2 Å². The molecule has 1 aliphatic heterocycles. The van der Waals surface area contributed by atoms with E-state index in [2.05, 4.69) is 25.1 Å². The Morgan fingerprint density at radius 2 is 2.19 bits per heavy atom. The van der Waals surface area contributed by atoms with Gasteiger partial charge in [0.2, 0.25) is 5.91 Å². The van der Waals surface area contributed by atoms with Crippen molar-refractivity contribution in [2.24, 2.45) is 5.92 Å². The van der Waals surface area contributed by atoms with E-state index in [0.29, 0.717) is 55.1 Å². The van der Waals surface area contributed by atoms with Gasteiger partial charge in [-0.3, -0.25) is 9.78 Å². The van der Waals surface area contributed by atoms with Gasteiger partial charge in [0.1, 0.15) is 11.6 Å². The van der Waals surface area contributed by atoms with Gasteiger partial charge in [0.05, 0.1) is 35.9 Å². The van der Waals surface area contributed by atoms with E-state index in [9.17, 15) is 18.0 Å². The number of nitrogens with one attached hydrogen (secondary N) is 2. The normalized spacial score (nSPS) is 21.3. The first kappa shape index (κ1) is 23.9. The van der Waals surface area contributed by atoms with Crippen molar-refractivity contribution in [3.8, 4) is 22.8 Å². The van der Waals surface area contributed by atoms with Crippen LogP contribution in [-0.2, 0) is 22.4 Å². The highest BCUT2D eigenvalue weighted by Gasteiger charge is 2.38. The van der Waals surface area contributed by atoms with Crippen molar-refractivity contribution in [2.75, 3.05) is 13.2 Å². The van der Waals surface area contributed by atoms with Crippen LogP contribution in [0.5, 0.6) is 5.75 Å². The average Bonchev–Trinajstić information content (AvgIpc) is 3.49. The molecule has 3 aromatic heterocycles. The zero-order chi connectivity index (χ0) is 25.3. The van der Waals surface area contributed by atoms with Gasteiger partial charge in [0.15, 0.2) is 5.82 Å². The molecule has 1 saturated heterocycles. The molecule has 2 atom stereocenters. The fraction of sp³-hybridized carbons (Fsp3) is 0.375. The zero-order valence-corrected chi connectivity index (χ0v) is 19.1. The molecule has 0 bridgehead atoms. The Bertz CT molecular complexity index is 1270. The van der Waals surface area contributed by atoms with E-state index in [-0.39, 0.29) is 18.3 Å². The van der Waals surface area contributed by atoms with Gasteiger partial charge in [-0.05, 0) is 31.0 Å². The molecule has 0 aromatic carbocycles. The highest BCUT2D eigenvalue weighted by molar-refractivity contribution is 5.85. The van der Waals surface area contributed by atoms with Gasteiger partial charge in [-0.15, -0.1) is 0 Å². The molecule has 2 N–H and O–H groups in total. The molecule has 0 radical (unpaired) electrons. The third-order valence-electron chi connectivity index (χ3n) is 6.48. The number of fused-ring (bicyclic) bond motifs is 1. The third kappa shape index (κ3) is 4.68. The Labute approximate surface area is 204 Å². The Kier molecular flexibility index (Phi) is 6.44. The molecule has 5 rings (SSSR count). The summed E-state index contributed by atoms with van der Waals surface area (Å²) < 4.78 is 50.4. The number of carbonyl (C=O) groups is 1. The quantitative estimate of drug-likeness (QED) is 0.482. The molecule has 3 aromatic rings. The highest BCUT2D eigenvalue weighted by Crippen LogP contribution is 2.36. The molecule has 9 nitrogen and oxygen atoms in total. The highest BCUT2D eigenvalue weighted by atomic mass is 19.3. The van der Waals surface area contributed by atoms with Crippen LogP contribution >= 0.6 is 0 Å². The molecule has 0 saturated carbocycles. The monoisotopic (exact) mass is 500 g/mol. The van der Waals surface area contributed by atoms with Crippen molar-refractivity contribution in [2.45, 2.75) is 37.8 Å². The number of nitrogens with zero attached hydrogens (tertiary/aromatic N) is 4. The first-order chi connectivity index (χ1) is 17.4. The Morgan fingerprint density at radius 3 is 2.89 bits per heavy atom. The lowest BCUT2D eigenvalue weighted by Gasteiger charge is -2.29. The first-order valence-corrected chi connectivity index (χ1v) is 11.4. The summed E-state index contributed by atoms with van der Waals surface area (Å²) in [4.78, 5) is 21.3. The summed E-state index contributed by atoms with van der Waals surface area (Å²) in [7, 11) is 0. The van der Waals surface area contributed by atoms with E-state index < -0.39 is 23.9 Å². The predicted molar refractivity (Wildman–Crippen MR) is 122 cm³/mol. The molecule has 36 heavy (non-hydrogen) atoms. The maximum Gasteiger partial charge on any atom is 0.387 e. The van der Waals surface area contributed by atoms with E-state index in [4.69, 9.17) is 10.1 Å². The summed E-state index contributed by atoms with van der Waals surface area (Å²) in [6.07, 6.45) is 6.83. The summed E-state index contributed by atoms with van der Waals surface area (Å²) >= 11 is 0. The van der Waals surface area contributed by atoms with Crippen LogP contribution < -0.4 is 10.1 Å². The summed E-state index contributed by atoms with van der Waals surface area (Å²) in [6, 6.07) is 4.16.